The standard InChI is InChI=1S/C23H42O7/c1-4-25-13-7-10-16-28-20-23(19-24,21-29-17-11-8-14-26-5-2)22-30-18-12-9-15-27-6-3/h4-6,24H,1-3,7-22H2. The van der Waals surface area contributed by atoms with Gasteiger partial charge in [0.25, 0.3) is 0 Å². The summed E-state index contributed by atoms with van der Waals surface area (Å²) in [5, 5.41) is 10.1. The van der Waals surface area contributed by atoms with Crippen molar-refractivity contribution in [3.63, 3.8) is 0 Å². The lowest BCUT2D eigenvalue weighted by Gasteiger charge is -2.31. The first-order chi connectivity index (χ1) is 14.7. The third-order valence-corrected chi connectivity index (χ3v) is 4.32. The minimum atomic E-state index is -0.577. The number of aliphatic hydroxyl groups excluding tert-OH is 1. The summed E-state index contributed by atoms with van der Waals surface area (Å²) in [6.45, 7) is 15.3. The zero-order valence-electron chi connectivity index (χ0n) is 18.6. The molecule has 0 heterocycles. The Kier molecular flexibility index (Phi) is 21.0. The molecule has 7 heteroatoms. The van der Waals surface area contributed by atoms with Crippen LogP contribution in [0, 0.1) is 5.41 Å². The smallest absolute Gasteiger partial charge is 0.0873 e. The normalized spacial score (nSPS) is 11.1. The van der Waals surface area contributed by atoms with Gasteiger partial charge in [0.15, 0.2) is 0 Å². The molecule has 0 saturated carbocycles. The number of rotatable bonds is 25. The number of aliphatic hydroxyl groups is 1. The molecule has 0 radical (unpaired) electrons. The van der Waals surface area contributed by atoms with E-state index in [1.165, 1.54) is 18.8 Å². The Bertz CT molecular complexity index is 346. The second kappa shape index (κ2) is 22.2. The molecule has 0 aromatic carbocycles. The van der Waals surface area contributed by atoms with Crippen molar-refractivity contribution in [2.45, 2.75) is 38.5 Å². The summed E-state index contributed by atoms with van der Waals surface area (Å²) in [4.78, 5) is 0. The SMILES string of the molecule is C=COCCCCOCC(CO)(COCCCCOC=C)COCCCCOC=C. The van der Waals surface area contributed by atoms with Gasteiger partial charge >= 0.3 is 0 Å². The highest BCUT2D eigenvalue weighted by molar-refractivity contribution is 4.78. The van der Waals surface area contributed by atoms with Gasteiger partial charge in [0, 0.05) is 19.8 Å². The third-order valence-electron chi connectivity index (χ3n) is 4.32. The maximum absolute atomic E-state index is 10.1. The van der Waals surface area contributed by atoms with Crippen LogP contribution < -0.4 is 0 Å². The van der Waals surface area contributed by atoms with E-state index in [1.807, 2.05) is 0 Å². The van der Waals surface area contributed by atoms with Crippen LogP contribution >= 0.6 is 0 Å². The molecule has 30 heavy (non-hydrogen) atoms. The van der Waals surface area contributed by atoms with E-state index in [4.69, 9.17) is 28.4 Å². The van der Waals surface area contributed by atoms with Crippen LogP contribution in [0.25, 0.3) is 0 Å². The zero-order chi connectivity index (χ0) is 22.2. The molecule has 0 spiro atoms. The summed E-state index contributed by atoms with van der Waals surface area (Å²) < 4.78 is 32.8. The first-order valence-electron chi connectivity index (χ1n) is 10.8. The van der Waals surface area contributed by atoms with Gasteiger partial charge in [0.2, 0.25) is 0 Å². The summed E-state index contributed by atoms with van der Waals surface area (Å²) >= 11 is 0. The average molecular weight is 431 g/mol. The molecule has 0 atom stereocenters. The molecule has 7 nitrogen and oxygen atoms in total. The van der Waals surface area contributed by atoms with E-state index in [9.17, 15) is 5.11 Å². The van der Waals surface area contributed by atoms with Crippen LogP contribution in [0.5, 0.6) is 0 Å². The molecular formula is C23H42O7. The largest absolute Gasteiger partial charge is 0.502 e. The molecule has 0 fully saturated rings. The van der Waals surface area contributed by atoms with Gasteiger partial charge in [0.05, 0.1) is 70.4 Å². The number of hydrogen-bond donors (Lipinski definition) is 1. The Labute approximate surface area is 182 Å². The molecular weight excluding hydrogens is 388 g/mol. The van der Waals surface area contributed by atoms with Crippen LogP contribution in [-0.2, 0) is 28.4 Å². The molecule has 0 aliphatic rings. The van der Waals surface area contributed by atoms with Crippen LogP contribution in [0.4, 0.5) is 0 Å². The highest BCUT2D eigenvalue weighted by atomic mass is 16.5. The van der Waals surface area contributed by atoms with Crippen LogP contribution in [0.3, 0.4) is 0 Å². The lowest BCUT2D eigenvalue weighted by molar-refractivity contribution is -0.0941. The fourth-order valence-electron chi connectivity index (χ4n) is 2.55. The van der Waals surface area contributed by atoms with Gasteiger partial charge in [-0.1, -0.05) is 19.7 Å². The van der Waals surface area contributed by atoms with Crippen LogP contribution in [0.15, 0.2) is 38.5 Å². The van der Waals surface area contributed by atoms with E-state index in [0.29, 0.717) is 59.5 Å². The minimum absolute atomic E-state index is 0.0638. The van der Waals surface area contributed by atoms with E-state index in [-0.39, 0.29) is 6.61 Å². The molecule has 0 saturated heterocycles. The van der Waals surface area contributed by atoms with Gasteiger partial charge in [-0.25, -0.2) is 0 Å². The van der Waals surface area contributed by atoms with Gasteiger partial charge in [-0.2, -0.15) is 0 Å². The predicted octanol–water partition coefficient (Wildman–Crippen LogP) is 3.84. The highest BCUT2D eigenvalue weighted by Gasteiger charge is 2.31. The summed E-state index contributed by atoms with van der Waals surface area (Å²) in [6.07, 6.45) is 9.65. The van der Waals surface area contributed by atoms with Gasteiger partial charge in [-0.05, 0) is 38.5 Å². The quantitative estimate of drug-likeness (QED) is 0.174. The van der Waals surface area contributed by atoms with Crippen molar-refractivity contribution in [1.82, 2.24) is 0 Å². The van der Waals surface area contributed by atoms with Gasteiger partial charge in [-0.3, -0.25) is 0 Å². The fraction of sp³-hybridized carbons (Fsp3) is 0.739. The summed E-state index contributed by atoms with van der Waals surface area (Å²) in [5.74, 6) is 0. The highest BCUT2D eigenvalue weighted by Crippen LogP contribution is 2.20. The molecule has 176 valence electrons. The van der Waals surface area contributed by atoms with E-state index in [1.54, 1.807) is 0 Å². The topological polar surface area (TPSA) is 75.6 Å². The van der Waals surface area contributed by atoms with Gasteiger partial charge < -0.3 is 33.5 Å². The first kappa shape index (κ1) is 28.5. The van der Waals surface area contributed by atoms with Crippen molar-refractivity contribution in [3.05, 3.63) is 38.5 Å². The Morgan fingerprint density at radius 2 is 0.833 bits per heavy atom. The Morgan fingerprint density at radius 1 is 0.533 bits per heavy atom. The van der Waals surface area contributed by atoms with Crippen molar-refractivity contribution >= 4 is 0 Å². The fourth-order valence-corrected chi connectivity index (χ4v) is 2.55. The maximum Gasteiger partial charge on any atom is 0.0873 e. The maximum atomic E-state index is 10.1. The summed E-state index contributed by atoms with van der Waals surface area (Å²) in [5.41, 5.74) is -0.577. The molecule has 0 bridgehead atoms. The lowest BCUT2D eigenvalue weighted by atomic mass is 9.92. The molecule has 0 unspecified atom stereocenters. The zero-order valence-corrected chi connectivity index (χ0v) is 18.6. The van der Waals surface area contributed by atoms with E-state index in [0.717, 1.165) is 38.5 Å². The Hall–Kier alpha value is -1.54. The average Bonchev–Trinajstić information content (AvgIpc) is 2.76. The van der Waals surface area contributed by atoms with E-state index >= 15 is 0 Å². The van der Waals surface area contributed by atoms with Crippen LogP contribution in [0.2, 0.25) is 0 Å². The van der Waals surface area contributed by atoms with Crippen molar-refractivity contribution in [2.75, 3.05) is 66.1 Å². The van der Waals surface area contributed by atoms with Gasteiger partial charge in [0.1, 0.15) is 0 Å². The second-order valence-electron chi connectivity index (χ2n) is 7.05. The van der Waals surface area contributed by atoms with Crippen LogP contribution in [-0.4, -0.2) is 71.2 Å². The van der Waals surface area contributed by atoms with Crippen molar-refractivity contribution in [2.24, 2.45) is 5.41 Å². The Morgan fingerprint density at radius 3 is 1.10 bits per heavy atom. The minimum Gasteiger partial charge on any atom is -0.502 e. The van der Waals surface area contributed by atoms with Crippen molar-refractivity contribution in [3.8, 4) is 0 Å². The summed E-state index contributed by atoms with van der Waals surface area (Å²) in [6, 6.07) is 0. The monoisotopic (exact) mass is 430 g/mol. The predicted molar refractivity (Wildman–Crippen MR) is 118 cm³/mol. The molecule has 1 N–H and O–H groups in total. The molecule has 0 aromatic rings. The van der Waals surface area contributed by atoms with Crippen LogP contribution in [0.1, 0.15) is 38.5 Å². The first-order valence-corrected chi connectivity index (χ1v) is 10.8. The Balaban J connectivity index is 4.27. The molecule has 0 aliphatic carbocycles. The number of ether oxygens (including phenoxy) is 6. The molecule has 0 amide bonds. The van der Waals surface area contributed by atoms with Gasteiger partial charge in [-0.15, -0.1) is 0 Å². The van der Waals surface area contributed by atoms with Crippen molar-refractivity contribution in [1.29, 1.82) is 0 Å². The summed E-state index contributed by atoms with van der Waals surface area (Å²) in [7, 11) is 0. The van der Waals surface area contributed by atoms with E-state index in [2.05, 4.69) is 19.7 Å². The molecule has 0 aliphatic heterocycles. The number of unbranched alkanes of at least 4 members (excludes halogenated alkanes) is 3. The number of hydrogen-bond acceptors (Lipinski definition) is 7. The van der Waals surface area contributed by atoms with E-state index < -0.39 is 5.41 Å². The van der Waals surface area contributed by atoms with Crippen molar-refractivity contribution < 1.29 is 33.5 Å². The third kappa shape index (κ3) is 17.3. The molecule has 0 aromatic heterocycles. The lowest BCUT2D eigenvalue weighted by Crippen LogP contribution is -2.41. The molecule has 0 rings (SSSR count). The second-order valence-corrected chi connectivity index (χ2v) is 7.05.